The Kier molecular flexibility index (Phi) is 4.42. The van der Waals surface area contributed by atoms with Crippen LogP contribution in [0, 0.1) is 0 Å². The lowest BCUT2D eigenvalue weighted by Crippen LogP contribution is -2.03. The van der Waals surface area contributed by atoms with Crippen molar-refractivity contribution in [3.05, 3.63) is 53.2 Å². The Labute approximate surface area is 112 Å². The SMILES string of the molecule is CCNc1cccc(COc2cccc(Cl)c2)n1. The molecule has 0 fully saturated rings. The van der Waals surface area contributed by atoms with Crippen molar-refractivity contribution in [2.75, 3.05) is 11.9 Å². The van der Waals surface area contributed by atoms with Crippen molar-refractivity contribution in [2.45, 2.75) is 13.5 Å². The molecule has 2 rings (SSSR count). The maximum Gasteiger partial charge on any atom is 0.130 e. The molecular weight excluding hydrogens is 248 g/mol. The van der Waals surface area contributed by atoms with E-state index in [2.05, 4.69) is 10.3 Å². The number of halogens is 1. The Morgan fingerprint density at radius 1 is 1.22 bits per heavy atom. The van der Waals surface area contributed by atoms with Gasteiger partial charge in [0.1, 0.15) is 18.2 Å². The number of benzene rings is 1. The van der Waals surface area contributed by atoms with E-state index in [1.54, 1.807) is 6.07 Å². The number of pyridine rings is 1. The van der Waals surface area contributed by atoms with E-state index in [0.29, 0.717) is 11.6 Å². The minimum atomic E-state index is 0.430. The molecule has 0 aliphatic rings. The predicted octanol–water partition coefficient (Wildman–Crippen LogP) is 3.75. The quantitative estimate of drug-likeness (QED) is 0.891. The Hall–Kier alpha value is -1.74. The standard InChI is InChI=1S/C14H15ClN2O/c1-2-16-14-8-4-6-12(17-14)10-18-13-7-3-5-11(15)9-13/h3-9H,2,10H2,1H3,(H,16,17). The second kappa shape index (κ2) is 6.26. The van der Waals surface area contributed by atoms with Crippen molar-refractivity contribution in [1.29, 1.82) is 0 Å². The van der Waals surface area contributed by atoms with Crippen molar-refractivity contribution in [1.82, 2.24) is 4.98 Å². The zero-order valence-corrected chi connectivity index (χ0v) is 10.9. The molecule has 1 aromatic heterocycles. The third-order valence-corrected chi connectivity index (χ3v) is 2.58. The lowest BCUT2D eigenvalue weighted by atomic mass is 10.3. The van der Waals surface area contributed by atoms with E-state index >= 15 is 0 Å². The van der Waals surface area contributed by atoms with Crippen LogP contribution in [0.25, 0.3) is 0 Å². The van der Waals surface area contributed by atoms with Crippen LogP contribution in [0.1, 0.15) is 12.6 Å². The molecule has 0 bridgehead atoms. The van der Waals surface area contributed by atoms with Crippen molar-refractivity contribution in [3.8, 4) is 5.75 Å². The van der Waals surface area contributed by atoms with Gasteiger partial charge in [0.05, 0.1) is 5.69 Å². The molecular formula is C14H15ClN2O. The lowest BCUT2D eigenvalue weighted by Gasteiger charge is -2.08. The van der Waals surface area contributed by atoms with Crippen LogP contribution in [0.4, 0.5) is 5.82 Å². The number of hydrogen-bond donors (Lipinski definition) is 1. The molecule has 1 N–H and O–H groups in total. The third kappa shape index (κ3) is 3.64. The lowest BCUT2D eigenvalue weighted by molar-refractivity contribution is 0.301. The Balaban J connectivity index is 1.99. The first kappa shape index (κ1) is 12.7. The molecule has 18 heavy (non-hydrogen) atoms. The average molecular weight is 263 g/mol. The molecule has 0 aliphatic heterocycles. The molecule has 3 nitrogen and oxygen atoms in total. The molecule has 0 saturated carbocycles. The zero-order chi connectivity index (χ0) is 12.8. The molecule has 2 aromatic rings. The van der Waals surface area contributed by atoms with Gasteiger partial charge in [-0.15, -0.1) is 0 Å². The van der Waals surface area contributed by atoms with Crippen LogP contribution >= 0.6 is 11.6 Å². The highest BCUT2D eigenvalue weighted by Gasteiger charge is 1.99. The van der Waals surface area contributed by atoms with Crippen LogP contribution in [0.3, 0.4) is 0 Å². The smallest absolute Gasteiger partial charge is 0.130 e. The summed E-state index contributed by atoms with van der Waals surface area (Å²) < 4.78 is 5.63. The Bertz CT molecular complexity index is 517. The van der Waals surface area contributed by atoms with Crippen LogP contribution in [-0.4, -0.2) is 11.5 Å². The van der Waals surface area contributed by atoms with Gasteiger partial charge in [-0.25, -0.2) is 4.98 Å². The van der Waals surface area contributed by atoms with Crippen LogP contribution in [0.2, 0.25) is 5.02 Å². The average Bonchev–Trinajstić information content (AvgIpc) is 2.37. The summed E-state index contributed by atoms with van der Waals surface area (Å²) in [6, 6.07) is 13.2. The second-order valence-electron chi connectivity index (χ2n) is 3.79. The summed E-state index contributed by atoms with van der Waals surface area (Å²) in [4.78, 5) is 4.43. The number of rotatable bonds is 5. The molecule has 0 unspecified atom stereocenters. The minimum absolute atomic E-state index is 0.430. The fourth-order valence-electron chi connectivity index (χ4n) is 1.55. The maximum absolute atomic E-state index is 5.89. The summed E-state index contributed by atoms with van der Waals surface area (Å²) in [6.45, 7) is 3.32. The molecule has 0 spiro atoms. The van der Waals surface area contributed by atoms with Gasteiger partial charge in [-0.1, -0.05) is 23.7 Å². The molecule has 1 aromatic carbocycles. The van der Waals surface area contributed by atoms with Crippen LogP contribution in [0.5, 0.6) is 5.75 Å². The van der Waals surface area contributed by atoms with Gasteiger partial charge in [0, 0.05) is 11.6 Å². The van der Waals surface area contributed by atoms with Crippen LogP contribution < -0.4 is 10.1 Å². The monoisotopic (exact) mass is 262 g/mol. The van der Waals surface area contributed by atoms with E-state index < -0.39 is 0 Å². The molecule has 0 atom stereocenters. The van der Waals surface area contributed by atoms with E-state index in [1.165, 1.54) is 0 Å². The minimum Gasteiger partial charge on any atom is -0.487 e. The van der Waals surface area contributed by atoms with E-state index in [4.69, 9.17) is 16.3 Å². The second-order valence-corrected chi connectivity index (χ2v) is 4.23. The van der Waals surface area contributed by atoms with E-state index in [0.717, 1.165) is 23.8 Å². The van der Waals surface area contributed by atoms with E-state index in [-0.39, 0.29) is 0 Å². The third-order valence-electron chi connectivity index (χ3n) is 2.35. The van der Waals surface area contributed by atoms with Gasteiger partial charge in [0.15, 0.2) is 0 Å². The van der Waals surface area contributed by atoms with E-state index in [1.807, 2.05) is 43.3 Å². The summed E-state index contributed by atoms with van der Waals surface area (Å²) in [5.41, 5.74) is 0.883. The number of aromatic nitrogens is 1. The summed E-state index contributed by atoms with van der Waals surface area (Å²) in [7, 11) is 0. The molecule has 0 radical (unpaired) electrons. The number of nitrogens with one attached hydrogen (secondary N) is 1. The fourth-order valence-corrected chi connectivity index (χ4v) is 1.73. The van der Waals surface area contributed by atoms with Gasteiger partial charge in [0.2, 0.25) is 0 Å². The van der Waals surface area contributed by atoms with Crippen molar-refractivity contribution in [2.24, 2.45) is 0 Å². The molecule has 94 valence electrons. The summed E-state index contributed by atoms with van der Waals surface area (Å²) in [5, 5.41) is 3.84. The first-order valence-corrected chi connectivity index (χ1v) is 6.24. The molecule has 0 saturated heterocycles. The van der Waals surface area contributed by atoms with Gasteiger partial charge in [-0.3, -0.25) is 0 Å². The normalized spacial score (nSPS) is 10.1. The molecule has 1 heterocycles. The van der Waals surface area contributed by atoms with Crippen LogP contribution in [0.15, 0.2) is 42.5 Å². The number of hydrogen-bond acceptors (Lipinski definition) is 3. The van der Waals surface area contributed by atoms with Crippen molar-refractivity contribution < 1.29 is 4.74 Å². The first-order chi connectivity index (χ1) is 8.78. The van der Waals surface area contributed by atoms with Crippen LogP contribution in [-0.2, 0) is 6.61 Å². The van der Waals surface area contributed by atoms with Gasteiger partial charge in [-0.05, 0) is 37.3 Å². The Morgan fingerprint density at radius 3 is 2.83 bits per heavy atom. The van der Waals surface area contributed by atoms with Gasteiger partial charge < -0.3 is 10.1 Å². The van der Waals surface area contributed by atoms with Gasteiger partial charge >= 0.3 is 0 Å². The topological polar surface area (TPSA) is 34.1 Å². The zero-order valence-electron chi connectivity index (χ0n) is 10.2. The molecule has 4 heteroatoms. The molecule has 0 aliphatic carbocycles. The Morgan fingerprint density at radius 2 is 2.06 bits per heavy atom. The highest BCUT2D eigenvalue weighted by Crippen LogP contribution is 2.18. The highest BCUT2D eigenvalue weighted by molar-refractivity contribution is 6.30. The van der Waals surface area contributed by atoms with E-state index in [9.17, 15) is 0 Å². The largest absolute Gasteiger partial charge is 0.487 e. The summed E-state index contributed by atoms with van der Waals surface area (Å²) in [6.07, 6.45) is 0. The number of anilines is 1. The summed E-state index contributed by atoms with van der Waals surface area (Å²) >= 11 is 5.89. The number of ether oxygens (including phenoxy) is 1. The van der Waals surface area contributed by atoms with Crippen molar-refractivity contribution in [3.63, 3.8) is 0 Å². The van der Waals surface area contributed by atoms with Gasteiger partial charge in [-0.2, -0.15) is 0 Å². The van der Waals surface area contributed by atoms with Gasteiger partial charge in [0.25, 0.3) is 0 Å². The number of nitrogens with zero attached hydrogens (tertiary/aromatic N) is 1. The summed E-state index contributed by atoms with van der Waals surface area (Å²) in [5.74, 6) is 1.61. The predicted molar refractivity (Wildman–Crippen MR) is 74.2 cm³/mol. The fraction of sp³-hybridized carbons (Fsp3) is 0.214. The molecule has 0 amide bonds. The maximum atomic E-state index is 5.89. The highest BCUT2D eigenvalue weighted by atomic mass is 35.5. The first-order valence-electron chi connectivity index (χ1n) is 5.86. The van der Waals surface area contributed by atoms with Crippen molar-refractivity contribution >= 4 is 17.4 Å².